The van der Waals surface area contributed by atoms with Crippen molar-refractivity contribution in [1.29, 1.82) is 0 Å². The quantitative estimate of drug-likeness (QED) is 0.0847. The zero-order chi connectivity index (χ0) is 28.6. The number of rotatable bonds is 24. The Morgan fingerprint density at radius 2 is 0.757 bits per heavy atom. The predicted octanol–water partition coefficient (Wildman–Crippen LogP) is 8.67. The van der Waals surface area contributed by atoms with E-state index in [1.54, 1.807) is 0 Å². The van der Waals surface area contributed by atoms with Crippen molar-refractivity contribution in [3.8, 4) is 0 Å². The Hall–Kier alpha value is 0.254. The molecule has 0 aromatic heterocycles. The molecule has 0 radical (unpaired) electrons. The highest BCUT2D eigenvalue weighted by atomic mass is 32.2. The van der Waals surface area contributed by atoms with Crippen molar-refractivity contribution in [3.05, 3.63) is 0 Å². The lowest BCUT2D eigenvalue weighted by molar-refractivity contribution is 0.459. The topological polar surface area (TPSA) is 109 Å². The molecule has 0 unspecified atom stereocenters. The van der Waals surface area contributed by atoms with Gasteiger partial charge in [-0.05, 0) is 6.42 Å². The van der Waals surface area contributed by atoms with Crippen LogP contribution in [0.1, 0.15) is 125 Å². The van der Waals surface area contributed by atoms with Gasteiger partial charge in [0.1, 0.15) is 0 Å². The summed E-state index contributed by atoms with van der Waals surface area (Å²) in [6.45, 7) is 12.8. The van der Waals surface area contributed by atoms with Gasteiger partial charge in [0.25, 0.3) is 20.2 Å². The van der Waals surface area contributed by atoms with Gasteiger partial charge in [-0.15, -0.1) is 0 Å². The van der Waals surface area contributed by atoms with E-state index in [0.29, 0.717) is 0 Å². The lowest BCUT2D eigenvalue weighted by atomic mass is 10.4. The molecule has 0 saturated heterocycles. The van der Waals surface area contributed by atoms with Crippen LogP contribution in [0, 0.1) is 0 Å². The van der Waals surface area contributed by atoms with Gasteiger partial charge < -0.3 is 0 Å². The van der Waals surface area contributed by atoms with Crippen molar-refractivity contribution < 1.29 is 25.9 Å². The maximum absolute atomic E-state index is 14.2. The molecule has 0 rings (SSSR count). The van der Waals surface area contributed by atoms with Gasteiger partial charge >= 0.3 is 0 Å². The molecular weight excluding hydrogens is 541 g/mol. The van der Waals surface area contributed by atoms with Gasteiger partial charge in [-0.2, -0.15) is 16.8 Å². The van der Waals surface area contributed by atoms with Gasteiger partial charge in [0, 0.05) is 0 Å². The van der Waals surface area contributed by atoms with Gasteiger partial charge in [-0.1, -0.05) is 155 Å². The highest BCUT2D eigenvalue weighted by Crippen LogP contribution is 2.54. The highest BCUT2D eigenvalue weighted by molar-refractivity contribution is 7.92. The molecule has 6 nitrogen and oxygen atoms in total. The van der Waals surface area contributed by atoms with Gasteiger partial charge in [-0.3, -0.25) is 9.11 Å². The zero-order valence-electron chi connectivity index (χ0n) is 25.0. The molecule has 0 bridgehead atoms. The summed E-state index contributed by atoms with van der Waals surface area (Å²) in [4.78, 5) is 0. The van der Waals surface area contributed by atoms with Crippen molar-refractivity contribution in [3.63, 3.8) is 0 Å². The molecule has 0 amide bonds. The Labute approximate surface area is 232 Å². The van der Waals surface area contributed by atoms with Crippen LogP contribution in [0.3, 0.4) is 0 Å². The van der Waals surface area contributed by atoms with Gasteiger partial charge in [0.15, 0.2) is 0 Å². The van der Waals surface area contributed by atoms with Crippen molar-refractivity contribution >= 4 is 36.4 Å². The first kappa shape index (κ1) is 37.3. The van der Waals surface area contributed by atoms with Crippen LogP contribution in [0.5, 0.6) is 0 Å². The molecule has 0 aromatic carbocycles. The summed E-state index contributed by atoms with van der Waals surface area (Å²) in [5.41, 5.74) is 0. The van der Waals surface area contributed by atoms with Crippen LogP contribution in [0.15, 0.2) is 0 Å². The van der Waals surface area contributed by atoms with Crippen LogP contribution in [0.2, 0.25) is 36.3 Å². The largest absolute Gasteiger partial charge is 0.286 e. The minimum Gasteiger partial charge on any atom is -0.286 e. The highest BCUT2D eigenvalue weighted by Gasteiger charge is 2.69. The van der Waals surface area contributed by atoms with Gasteiger partial charge in [-0.25, -0.2) is 0 Å². The number of unbranched alkanes of at least 4 members (excludes halogenated alkanes) is 6. The average Bonchev–Trinajstić information content (AvgIpc) is 2.83. The van der Waals surface area contributed by atoms with E-state index in [2.05, 4.69) is 41.5 Å². The van der Waals surface area contributed by atoms with E-state index in [4.69, 9.17) is 0 Å². The van der Waals surface area contributed by atoms with E-state index in [1.165, 1.54) is 0 Å². The molecule has 0 aliphatic carbocycles. The third-order valence-corrected chi connectivity index (χ3v) is 29.8. The minimum absolute atomic E-state index is 0.128. The van der Waals surface area contributed by atoms with Crippen molar-refractivity contribution in [2.45, 2.75) is 165 Å². The summed E-state index contributed by atoms with van der Waals surface area (Å²) in [7, 11) is -14.6. The fourth-order valence-electron chi connectivity index (χ4n) is 7.09. The van der Waals surface area contributed by atoms with Crippen molar-refractivity contribution in [2.75, 3.05) is 5.75 Å². The Balaban J connectivity index is 7.91. The molecule has 0 aliphatic rings. The summed E-state index contributed by atoms with van der Waals surface area (Å²) in [6.07, 6.45) is 11.0. The standard InChI is InChI=1S/C27H60O6S2Si2/c1-7-13-21-36(22-14-8-2,23-15-9-3)27(35(31,32)33,19-20-34(28,29)30)37(24-16-10-4,25-17-11-5)26-18-12-6/h7-26H2,1-6H3,(H,28,29,30)(H,31,32,33). The molecule has 2 N–H and O–H groups in total. The molecule has 0 heterocycles. The average molecular weight is 601 g/mol. The Morgan fingerprint density at radius 3 is 0.919 bits per heavy atom. The van der Waals surface area contributed by atoms with E-state index < -0.39 is 46.1 Å². The van der Waals surface area contributed by atoms with Gasteiger partial charge in [0.05, 0.1) is 25.9 Å². The van der Waals surface area contributed by atoms with Crippen LogP contribution in [-0.4, -0.2) is 51.8 Å². The molecule has 224 valence electrons. The Morgan fingerprint density at radius 1 is 0.514 bits per heavy atom. The van der Waals surface area contributed by atoms with Gasteiger partial charge in [0.2, 0.25) is 0 Å². The van der Waals surface area contributed by atoms with Crippen LogP contribution >= 0.6 is 0 Å². The Kier molecular flexibility index (Phi) is 18.0. The Bertz CT molecular complexity index is 739. The number of hydrogen-bond acceptors (Lipinski definition) is 4. The third kappa shape index (κ3) is 10.3. The molecule has 10 heteroatoms. The first-order valence-corrected chi connectivity index (χ1v) is 23.5. The summed E-state index contributed by atoms with van der Waals surface area (Å²) in [5.74, 6) is -0.578. The smallest absolute Gasteiger partial charge is 0.265 e. The van der Waals surface area contributed by atoms with Crippen LogP contribution < -0.4 is 0 Å². The van der Waals surface area contributed by atoms with E-state index in [9.17, 15) is 25.9 Å². The molecule has 37 heavy (non-hydrogen) atoms. The van der Waals surface area contributed by atoms with E-state index >= 15 is 0 Å². The summed E-state index contributed by atoms with van der Waals surface area (Å²) in [5, 5.41) is 0. The SMILES string of the molecule is CCCC[Si](CCCC)(CCCC)C(CCS(=O)(=O)O)([Si](CCCC)(CCCC)CCCC)S(=O)(=O)O. The maximum Gasteiger partial charge on any atom is 0.265 e. The van der Waals surface area contributed by atoms with E-state index in [-0.39, 0.29) is 6.42 Å². The molecule has 0 spiro atoms. The van der Waals surface area contributed by atoms with E-state index in [1.807, 2.05) is 0 Å². The molecule has 0 saturated carbocycles. The third-order valence-electron chi connectivity index (χ3n) is 8.92. The lowest BCUT2D eigenvalue weighted by Gasteiger charge is -2.58. The first-order chi connectivity index (χ1) is 17.3. The fraction of sp³-hybridized carbons (Fsp3) is 1.00. The second kappa shape index (κ2) is 17.8. The number of hydrogen-bond donors (Lipinski definition) is 2. The summed E-state index contributed by atoms with van der Waals surface area (Å²) in [6, 6.07) is 4.88. The monoisotopic (exact) mass is 600 g/mol. The molecule has 0 atom stereocenters. The van der Waals surface area contributed by atoms with Crippen molar-refractivity contribution in [1.82, 2.24) is 0 Å². The summed E-state index contributed by atoms with van der Waals surface area (Å²) < 4.78 is 73.0. The van der Waals surface area contributed by atoms with Crippen LogP contribution in [0.25, 0.3) is 0 Å². The normalized spacial score (nSPS) is 13.8. The maximum atomic E-state index is 14.2. The second-order valence-electron chi connectivity index (χ2n) is 11.5. The second-order valence-corrected chi connectivity index (χ2v) is 25.8. The minimum atomic E-state index is -4.60. The van der Waals surface area contributed by atoms with Crippen LogP contribution in [0.4, 0.5) is 0 Å². The molecule has 0 fully saturated rings. The van der Waals surface area contributed by atoms with Crippen LogP contribution in [-0.2, 0) is 20.2 Å². The summed E-state index contributed by atoms with van der Waals surface area (Å²) >= 11 is 0. The lowest BCUT2D eigenvalue weighted by Crippen LogP contribution is -2.76. The van der Waals surface area contributed by atoms with E-state index in [0.717, 1.165) is 113 Å². The molecule has 0 aliphatic heterocycles. The molecule has 0 aromatic rings. The predicted molar refractivity (Wildman–Crippen MR) is 165 cm³/mol. The fourth-order valence-corrected chi connectivity index (χ4v) is 32.9. The molecular formula is C27H60O6S2Si2. The zero-order valence-corrected chi connectivity index (χ0v) is 28.6. The van der Waals surface area contributed by atoms with Crippen molar-refractivity contribution in [2.24, 2.45) is 0 Å². The first-order valence-electron chi connectivity index (χ1n) is 15.2.